The van der Waals surface area contributed by atoms with E-state index in [1.165, 1.54) is 0 Å². The van der Waals surface area contributed by atoms with Crippen molar-refractivity contribution < 1.29 is 33.4 Å². The molecule has 42 heavy (non-hydrogen) atoms. The van der Waals surface area contributed by atoms with Crippen LogP contribution in [0.3, 0.4) is 0 Å². The van der Waals surface area contributed by atoms with Gasteiger partial charge in [0, 0.05) is 6.08 Å². The van der Waals surface area contributed by atoms with Crippen LogP contribution in [0.2, 0.25) is 10.0 Å². The Hall–Kier alpha value is -3.36. The summed E-state index contributed by atoms with van der Waals surface area (Å²) >= 11 is 12.5. The molecular formula is C32H37Cl2NO7. The lowest BCUT2D eigenvalue weighted by Crippen LogP contribution is -2.49. The summed E-state index contributed by atoms with van der Waals surface area (Å²) in [4.78, 5) is 56.4. The van der Waals surface area contributed by atoms with Gasteiger partial charge in [-0.05, 0) is 98.1 Å². The van der Waals surface area contributed by atoms with E-state index >= 15 is 0 Å². The predicted molar refractivity (Wildman–Crippen MR) is 162 cm³/mol. The lowest BCUT2D eigenvalue weighted by molar-refractivity contribution is -0.153. The first-order chi connectivity index (χ1) is 19.1. The molecule has 2 aromatic carbocycles. The molecule has 0 radical (unpaired) electrons. The van der Waals surface area contributed by atoms with Crippen LogP contribution in [-0.4, -0.2) is 40.7 Å². The van der Waals surface area contributed by atoms with E-state index in [1.807, 2.05) is 0 Å². The smallest absolute Gasteiger partial charge is 0.421 e. The summed E-state index contributed by atoms with van der Waals surface area (Å²) in [6.45, 7) is 15.1. The van der Waals surface area contributed by atoms with E-state index in [1.54, 1.807) is 105 Å². The second-order valence-corrected chi connectivity index (χ2v) is 13.9. The van der Waals surface area contributed by atoms with Gasteiger partial charge in [-0.1, -0.05) is 47.5 Å². The van der Waals surface area contributed by atoms with Gasteiger partial charge in [-0.25, -0.2) is 19.3 Å². The number of halogens is 2. The third-order valence-corrected chi connectivity index (χ3v) is 6.69. The van der Waals surface area contributed by atoms with Crippen molar-refractivity contribution in [1.82, 2.24) is 0 Å². The van der Waals surface area contributed by atoms with Gasteiger partial charge in [-0.2, -0.15) is 0 Å². The molecule has 1 heterocycles. The highest BCUT2D eigenvalue weighted by Crippen LogP contribution is 2.50. The molecule has 0 bridgehead atoms. The summed E-state index contributed by atoms with van der Waals surface area (Å²) in [6, 6.07) is 11.3. The maximum Gasteiger partial charge on any atom is 0.421 e. The van der Waals surface area contributed by atoms with Crippen molar-refractivity contribution in [1.29, 1.82) is 0 Å². The minimum absolute atomic E-state index is 0.174. The number of ether oxygens (including phenoxy) is 3. The quantitative estimate of drug-likeness (QED) is 0.196. The van der Waals surface area contributed by atoms with Crippen LogP contribution in [0.1, 0.15) is 73.4 Å². The van der Waals surface area contributed by atoms with Gasteiger partial charge in [0.1, 0.15) is 22.2 Å². The monoisotopic (exact) mass is 617 g/mol. The molecule has 0 aromatic heterocycles. The zero-order valence-electron chi connectivity index (χ0n) is 25.4. The Bertz CT molecular complexity index is 1440. The summed E-state index contributed by atoms with van der Waals surface area (Å²) in [5.41, 5.74) is -4.02. The molecule has 0 saturated heterocycles. The van der Waals surface area contributed by atoms with Crippen molar-refractivity contribution in [3.05, 3.63) is 75.3 Å². The van der Waals surface area contributed by atoms with Crippen LogP contribution >= 0.6 is 23.2 Å². The van der Waals surface area contributed by atoms with Gasteiger partial charge >= 0.3 is 18.0 Å². The number of fused-ring (bicyclic) bond motifs is 1. The van der Waals surface area contributed by atoms with Crippen LogP contribution in [-0.2, 0) is 40.4 Å². The maximum atomic E-state index is 14.7. The lowest BCUT2D eigenvalue weighted by atomic mass is 9.70. The minimum Gasteiger partial charge on any atom is -0.457 e. The summed E-state index contributed by atoms with van der Waals surface area (Å²) in [6.07, 6.45) is -0.131. The fourth-order valence-corrected chi connectivity index (χ4v) is 4.88. The van der Waals surface area contributed by atoms with Crippen molar-refractivity contribution in [2.75, 3.05) is 4.90 Å². The van der Waals surface area contributed by atoms with E-state index in [-0.39, 0.29) is 22.7 Å². The Kier molecular flexibility index (Phi) is 9.26. The number of hydrogen-bond donors (Lipinski definition) is 0. The number of esters is 2. The van der Waals surface area contributed by atoms with Crippen LogP contribution in [0.4, 0.5) is 10.5 Å². The maximum absolute atomic E-state index is 14.7. The van der Waals surface area contributed by atoms with Crippen molar-refractivity contribution in [3.8, 4) is 0 Å². The number of rotatable bonds is 5. The van der Waals surface area contributed by atoms with Gasteiger partial charge in [0.15, 0.2) is 0 Å². The molecule has 8 nitrogen and oxygen atoms in total. The Morgan fingerprint density at radius 1 is 0.810 bits per heavy atom. The van der Waals surface area contributed by atoms with E-state index in [0.29, 0.717) is 16.1 Å². The number of para-hydroxylation sites is 1. The number of amides is 2. The van der Waals surface area contributed by atoms with Crippen LogP contribution in [0.5, 0.6) is 0 Å². The molecular weight excluding hydrogens is 581 g/mol. The molecule has 10 heteroatoms. The molecule has 1 aliphatic rings. The average molecular weight is 619 g/mol. The molecule has 0 saturated carbocycles. The normalized spacial score (nSPS) is 17.5. The van der Waals surface area contributed by atoms with Crippen molar-refractivity contribution in [3.63, 3.8) is 0 Å². The highest BCUT2D eigenvalue weighted by atomic mass is 35.5. The summed E-state index contributed by atoms with van der Waals surface area (Å²) in [5.74, 6) is -2.59. The number of benzene rings is 2. The number of carbonyl (C=O) groups excluding carboxylic acids is 4. The van der Waals surface area contributed by atoms with Crippen molar-refractivity contribution in [2.45, 2.75) is 91.0 Å². The van der Waals surface area contributed by atoms with E-state index < -0.39 is 46.2 Å². The number of nitrogens with zero attached hydrogens (tertiary/aromatic N) is 1. The van der Waals surface area contributed by atoms with E-state index in [9.17, 15) is 19.2 Å². The first-order valence-corrected chi connectivity index (χ1v) is 14.2. The van der Waals surface area contributed by atoms with E-state index in [4.69, 9.17) is 37.4 Å². The summed E-state index contributed by atoms with van der Waals surface area (Å²) < 4.78 is 16.9. The third-order valence-electron chi connectivity index (χ3n) is 5.95. The lowest BCUT2D eigenvalue weighted by Gasteiger charge is -2.32. The SMILES string of the molecule is CC(C)(C)OC(=O)/C=C(\C(=O)OC(C)(C)C)C1(Cc2ccc(Cl)c(Cl)c2)C(=O)N(C(=O)OC(C)(C)C)c2ccccc21. The Morgan fingerprint density at radius 2 is 1.38 bits per heavy atom. The molecule has 1 atom stereocenters. The molecule has 3 rings (SSSR count). The van der Waals surface area contributed by atoms with E-state index in [0.717, 1.165) is 11.0 Å². The predicted octanol–water partition coefficient (Wildman–Crippen LogP) is 7.37. The summed E-state index contributed by atoms with van der Waals surface area (Å²) in [5, 5.41) is 0.515. The van der Waals surface area contributed by atoms with Crippen LogP contribution < -0.4 is 4.90 Å². The average Bonchev–Trinajstić information content (AvgIpc) is 3.05. The first-order valence-electron chi connectivity index (χ1n) is 13.4. The molecule has 0 N–H and O–H groups in total. The van der Waals surface area contributed by atoms with Gasteiger partial charge in [0.05, 0.1) is 21.3 Å². The molecule has 0 aliphatic carbocycles. The number of imide groups is 1. The molecule has 1 unspecified atom stereocenters. The van der Waals surface area contributed by atoms with Crippen LogP contribution in [0.25, 0.3) is 0 Å². The Labute approximate surface area is 256 Å². The fraction of sp³-hybridized carbons (Fsp3) is 0.438. The highest BCUT2D eigenvalue weighted by molar-refractivity contribution is 6.42. The second kappa shape index (κ2) is 11.7. The van der Waals surface area contributed by atoms with E-state index in [2.05, 4.69) is 0 Å². The highest BCUT2D eigenvalue weighted by Gasteiger charge is 2.58. The first kappa shape index (κ1) is 33.1. The van der Waals surface area contributed by atoms with Gasteiger partial charge in [-0.15, -0.1) is 0 Å². The Morgan fingerprint density at radius 3 is 1.93 bits per heavy atom. The third kappa shape index (κ3) is 7.53. The second-order valence-electron chi connectivity index (χ2n) is 13.1. The summed E-state index contributed by atoms with van der Waals surface area (Å²) in [7, 11) is 0. The minimum atomic E-state index is -1.91. The zero-order valence-corrected chi connectivity index (χ0v) is 26.9. The molecule has 0 fully saturated rings. The number of anilines is 1. The van der Waals surface area contributed by atoms with Gasteiger partial charge in [0.2, 0.25) is 0 Å². The largest absolute Gasteiger partial charge is 0.457 e. The topological polar surface area (TPSA) is 99.2 Å². The molecule has 226 valence electrons. The molecule has 0 spiro atoms. The van der Waals surface area contributed by atoms with Crippen molar-refractivity contribution in [2.24, 2.45) is 0 Å². The zero-order chi connectivity index (χ0) is 31.8. The van der Waals surface area contributed by atoms with Crippen LogP contribution in [0, 0.1) is 0 Å². The molecule has 2 amide bonds. The number of carbonyl (C=O) groups is 4. The standard InChI is InChI=1S/C32H37Cl2NO7/c1-29(2,3)40-25(36)17-21(26(37)41-30(4,5)6)32(18-19-14-15-22(33)23(34)16-19)20-12-10-11-13-24(20)35(27(32)38)28(39)42-31(7,8)9/h10-17H,18H2,1-9H3/b21-17+. The Balaban J connectivity index is 2.40. The molecule has 1 aliphatic heterocycles. The molecule has 2 aromatic rings. The van der Waals surface area contributed by atoms with Crippen molar-refractivity contribution >= 4 is 52.8 Å². The van der Waals surface area contributed by atoms with Gasteiger partial charge < -0.3 is 14.2 Å². The number of hydrogen-bond acceptors (Lipinski definition) is 7. The van der Waals surface area contributed by atoms with Crippen LogP contribution in [0.15, 0.2) is 54.1 Å². The fourth-order valence-electron chi connectivity index (χ4n) is 4.55. The van der Waals surface area contributed by atoms with Gasteiger partial charge in [-0.3, -0.25) is 4.79 Å². The van der Waals surface area contributed by atoms with Gasteiger partial charge in [0.25, 0.3) is 5.91 Å².